The van der Waals surface area contributed by atoms with Gasteiger partial charge in [-0.2, -0.15) is 0 Å². The van der Waals surface area contributed by atoms with Crippen molar-refractivity contribution in [3.05, 3.63) is 50.2 Å². The molecule has 0 saturated heterocycles. The van der Waals surface area contributed by atoms with Crippen LogP contribution < -0.4 is 5.32 Å². The number of rotatable bonds is 4. The molecule has 3 rings (SSSR count). The number of hydrogen-bond acceptors (Lipinski definition) is 5. The van der Waals surface area contributed by atoms with Gasteiger partial charge in [-0.1, -0.05) is 12.1 Å². The Morgan fingerprint density at radius 1 is 1.00 bits per heavy atom. The summed E-state index contributed by atoms with van der Waals surface area (Å²) in [6.45, 7) is 6.97. The lowest BCUT2D eigenvalue weighted by molar-refractivity contribution is 1.11. The molecule has 0 amide bonds. The summed E-state index contributed by atoms with van der Waals surface area (Å²) < 4.78 is 0. The first-order chi connectivity index (χ1) is 10.1. The lowest BCUT2D eigenvalue weighted by atomic mass is 10.1. The van der Waals surface area contributed by atoms with E-state index in [2.05, 4.69) is 51.9 Å². The molecule has 0 fully saturated rings. The van der Waals surface area contributed by atoms with Gasteiger partial charge in [0.15, 0.2) is 0 Å². The molecule has 0 saturated carbocycles. The molecule has 0 radical (unpaired) electrons. The van der Waals surface area contributed by atoms with Crippen molar-refractivity contribution in [2.45, 2.75) is 27.3 Å². The van der Waals surface area contributed by atoms with Crippen LogP contribution in [0.25, 0.3) is 11.3 Å². The van der Waals surface area contributed by atoms with E-state index in [1.807, 2.05) is 13.8 Å². The normalized spacial score (nSPS) is 10.8. The van der Waals surface area contributed by atoms with Gasteiger partial charge < -0.3 is 5.32 Å². The minimum absolute atomic E-state index is 0.826. The zero-order valence-corrected chi connectivity index (χ0v) is 13.9. The molecule has 0 atom stereocenters. The summed E-state index contributed by atoms with van der Waals surface area (Å²) in [5, 5.41) is 7.77. The van der Waals surface area contributed by atoms with E-state index in [4.69, 9.17) is 0 Å². The van der Waals surface area contributed by atoms with Gasteiger partial charge in [0.05, 0.1) is 27.9 Å². The van der Waals surface area contributed by atoms with Crippen LogP contribution >= 0.6 is 22.7 Å². The first kappa shape index (κ1) is 14.2. The van der Waals surface area contributed by atoms with Crippen LogP contribution in [0.1, 0.15) is 20.6 Å². The summed E-state index contributed by atoms with van der Waals surface area (Å²) in [6.07, 6.45) is 0. The van der Waals surface area contributed by atoms with Crippen LogP contribution in [-0.4, -0.2) is 9.97 Å². The van der Waals surface area contributed by atoms with Crippen molar-refractivity contribution in [3.63, 3.8) is 0 Å². The maximum Gasteiger partial charge on any atom is 0.0901 e. The van der Waals surface area contributed by atoms with Crippen LogP contribution in [-0.2, 0) is 6.54 Å². The average molecular weight is 315 g/mol. The molecule has 5 heteroatoms. The lowest BCUT2D eigenvalue weighted by Crippen LogP contribution is -1.98. The van der Waals surface area contributed by atoms with E-state index in [1.165, 1.54) is 4.88 Å². The highest BCUT2D eigenvalue weighted by Gasteiger charge is 2.05. The van der Waals surface area contributed by atoms with Crippen molar-refractivity contribution < 1.29 is 0 Å². The number of nitrogens with zero attached hydrogens (tertiary/aromatic N) is 2. The van der Waals surface area contributed by atoms with Crippen molar-refractivity contribution in [3.8, 4) is 11.3 Å². The van der Waals surface area contributed by atoms with E-state index in [1.54, 1.807) is 22.7 Å². The molecule has 2 heterocycles. The first-order valence-corrected chi connectivity index (χ1v) is 8.51. The molecular formula is C16H17N3S2. The van der Waals surface area contributed by atoms with Crippen molar-refractivity contribution in [1.29, 1.82) is 0 Å². The molecule has 1 N–H and O–H groups in total. The van der Waals surface area contributed by atoms with Gasteiger partial charge in [-0.05, 0) is 32.9 Å². The smallest absolute Gasteiger partial charge is 0.0901 e. The largest absolute Gasteiger partial charge is 0.380 e. The van der Waals surface area contributed by atoms with Gasteiger partial charge in [-0.25, -0.2) is 9.97 Å². The predicted molar refractivity (Wildman–Crippen MR) is 91.2 cm³/mol. The third-order valence-corrected chi connectivity index (χ3v) is 5.10. The summed E-state index contributed by atoms with van der Waals surface area (Å²) in [7, 11) is 0. The van der Waals surface area contributed by atoms with Gasteiger partial charge in [-0.3, -0.25) is 0 Å². The number of benzene rings is 1. The van der Waals surface area contributed by atoms with Crippen LogP contribution in [0.5, 0.6) is 0 Å². The summed E-state index contributed by atoms with van der Waals surface area (Å²) in [5.41, 5.74) is 4.46. The summed E-state index contributed by atoms with van der Waals surface area (Å²) in [4.78, 5) is 10.3. The second kappa shape index (κ2) is 5.95. The minimum atomic E-state index is 0.826. The number of anilines is 1. The Morgan fingerprint density at radius 3 is 2.33 bits per heavy atom. The number of nitrogens with one attached hydrogen (secondary N) is 1. The second-order valence-corrected chi connectivity index (χ2v) is 7.27. The topological polar surface area (TPSA) is 37.8 Å². The van der Waals surface area contributed by atoms with Gasteiger partial charge in [0.1, 0.15) is 0 Å². The van der Waals surface area contributed by atoms with Gasteiger partial charge in [0, 0.05) is 21.5 Å². The number of hydrogen-bond donors (Lipinski definition) is 1. The Morgan fingerprint density at radius 2 is 1.76 bits per heavy atom. The predicted octanol–water partition coefficient (Wildman–Crippen LogP) is 4.80. The molecule has 0 aliphatic carbocycles. The Kier molecular flexibility index (Phi) is 4.03. The fourth-order valence-corrected chi connectivity index (χ4v) is 3.67. The Bertz CT molecular complexity index is 741. The fourth-order valence-electron chi connectivity index (χ4n) is 2.17. The van der Waals surface area contributed by atoms with Crippen LogP contribution in [0.3, 0.4) is 0 Å². The standard InChI is InChI=1S/C16H17N3S2/c1-10-16(21-12(3)18-10)8-17-14-6-4-13(5-7-14)15-9-20-11(2)19-15/h4-7,9,17H,8H2,1-3H3. The highest BCUT2D eigenvalue weighted by Crippen LogP contribution is 2.24. The molecule has 3 aromatic rings. The zero-order chi connectivity index (χ0) is 14.8. The quantitative estimate of drug-likeness (QED) is 0.751. The van der Waals surface area contributed by atoms with Crippen molar-refractivity contribution in [2.75, 3.05) is 5.32 Å². The van der Waals surface area contributed by atoms with Gasteiger partial charge in [-0.15, -0.1) is 22.7 Å². The molecule has 2 aromatic heterocycles. The summed E-state index contributed by atoms with van der Waals surface area (Å²) >= 11 is 3.44. The van der Waals surface area contributed by atoms with E-state index in [0.29, 0.717) is 0 Å². The van der Waals surface area contributed by atoms with Crippen molar-refractivity contribution in [2.24, 2.45) is 0 Å². The highest BCUT2D eigenvalue weighted by molar-refractivity contribution is 7.11. The SMILES string of the molecule is Cc1nc(-c2ccc(NCc3sc(C)nc3C)cc2)cs1. The molecule has 0 bridgehead atoms. The molecule has 0 spiro atoms. The Labute approximate surface area is 132 Å². The summed E-state index contributed by atoms with van der Waals surface area (Å²) in [5.74, 6) is 0. The van der Waals surface area contributed by atoms with E-state index >= 15 is 0 Å². The van der Waals surface area contributed by atoms with Gasteiger partial charge in [0.2, 0.25) is 0 Å². The van der Waals surface area contributed by atoms with E-state index < -0.39 is 0 Å². The van der Waals surface area contributed by atoms with E-state index in [0.717, 1.165) is 39.2 Å². The van der Waals surface area contributed by atoms with Crippen LogP contribution in [0, 0.1) is 20.8 Å². The molecule has 0 unspecified atom stereocenters. The van der Waals surface area contributed by atoms with E-state index in [-0.39, 0.29) is 0 Å². The van der Waals surface area contributed by atoms with Crippen molar-refractivity contribution >= 4 is 28.4 Å². The highest BCUT2D eigenvalue weighted by atomic mass is 32.1. The van der Waals surface area contributed by atoms with Gasteiger partial charge >= 0.3 is 0 Å². The molecular weight excluding hydrogens is 298 g/mol. The molecule has 21 heavy (non-hydrogen) atoms. The zero-order valence-electron chi connectivity index (χ0n) is 12.3. The number of aryl methyl sites for hydroxylation is 3. The Balaban J connectivity index is 1.68. The Hall–Kier alpha value is -1.72. The number of thiazole rings is 2. The summed E-state index contributed by atoms with van der Waals surface area (Å²) in [6, 6.07) is 8.43. The third kappa shape index (κ3) is 3.31. The third-order valence-electron chi connectivity index (χ3n) is 3.25. The average Bonchev–Trinajstić information content (AvgIpc) is 3.03. The number of aromatic nitrogens is 2. The fraction of sp³-hybridized carbons (Fsp3) is 0.250. The monoisotopic (exact) mass is 315 g/mol. The molecule has 108 valence electrons. The lowest BCUT2D eigenvalue weighted by Gasteiger charge is -2.06. The molecule has 3 nitrogen and oxygen atoms in total. The molecule has 1 aromatic carbocycles. The van der Waals surface area contributed by atoms with Crippen molar-refractivity contribution in [1.82, 2.24) is 9.97 Å². The minimum Gasteiger partial charge on any atom is -0.380 e. The van der Waals surface area contributed by atoms with E-state index in [9.17, 15) is 0 Å². The van der Waals surface area contributed by atoms with Crippen LogP contribution in [0.4, 0.5) is 5.69 Å². The van der Waals surface area contributed by atoms with Crippen LogP contribution in [0.2, 0.25) is 0 Å². The maximum absolute atomic E-state index is 4.51. The molecule has 0 aliphatic heterocycles. The van der Waals surface area contributed by atoms with Crippen LogP contribution in [0.15, 0.2) is 29.6 Å². The molecule has 0 aliphatic rings. The first-order valence-electron chi connectivity index (χ1n) is 6.81. The van der Waals surface area contributed by atoms with Gasteiger partial charge in [0.25, 0.3) is 0 Å². The second-order valence-electron chi connectivity index (χ2n) is 4.92. The maximum atomic E-state index is 4.51.